The van der Waals surface area contributed by atoms with Gasteiger partial charge in [-0.25, -0.2) is 8.78 Å². The van der Waals surface area contributed by atoms with Gasteiger partial charge in [-0.1, -0.05) is 0 Å². The molecule has 0 saturated heterocycles. The molecule has 3 nitrogen and oxygen atoms in total. The first-order valence-electron chi connectivity index (χ1n) is 7.06. The Balaban J connectivity index is 1.64. The molecule has 0 radical (unpaired) electrons. The number of aliphatic hydroxyl groups excluding tert-OH is 1. The number of rotatable bonds is 5. The molecular weight excluding hydrogens is 352 g/mol. The van der Waals surface area contributed by atoms with Gasteiger partial charge in [0.05, 0.1) is 12.1 Å². The summed E-state index contributed by atoms with van der Waals surface area (Å²) in [4.78, 5) is 13.6. The first-order chi connectivity index (χ1) is 11.5. The zero-order valence-electron chi connectivity index (χ0n) is 12.3. The van der Waals surface area contributed by atoms with E-state index in [1.165, 1.54) is 22.7 Å². The molecule has 7 heteroatoms. The molecule has 1 amide bonds. The van der Waals surface area contributed by atoms with Gasteiger partial charge < -0.3 is 10.4 Å². The van der Waals surface area contributed by atoms with Crippen molar-refractivity contribution in [2.75, 3.05) is 0 Å². The number of nitrogens with one attached hydrogen (secondary N) is 1. The van der Waals surface area contributed by atoms with Gasteiger partial charge in [-0.05, 0) is 46.7 Å². The van der Waals surface area contributed by atoms with Crippen LogP contribution in [0.25, 0.3) is 0 Å². The van der Waals surface area contributed by atoms with Crippen LogP contribution in [0.4, 0.5) is 8.78 Å². The van der Waals surface area contributed by atoms with Crippen LogP contribution in [0.15, 0.2) is 47.2 Å². The van der Waals surface area contributed by atoms with Gasteiger partial charge in [0.15, 0.2) is 0 Å². The lowest BCUT2D eigenvalue weighted by atomic mass is 10.2. The maximum atomic E-state index is 13.6. The highest BCUT2D eigenvalue weighted by molar-refractivity contribution is 7.12. The second-order valence-electron chi connectivity index (χ2n) is 5.07. The maximum absolute atomic E-state index is 13.6. The van der Waals surface area contributed by atoms with Crippen LogP contribution in [0.1, 0.15) is 31.8 Å². The first-order valence-corrected chi connectivity index (χ1v) is 8.82. The van der Waals surface area contributed by atoms with Crippen molar-refractivity contribution >= 4 is 28.6 Å². The van der Waals surface area contributed by atoms with Crippen molar-refractivity contribution in [1.29, 1.82) is 0 Å². The highest BCUT2D eigenvalue weighted by Crippen LogP contribution is 2.29. The summed E-state index contributed by atoms with van der Waals surface area (Å²) in [5.41, 5.74) is 0.623. The monoisotopic (exact) mass is 365 g/mol. The maximum Gasteiger partial charge on any atom is 0.254 e. The molecule has 1 atom stereocenters. The van der Waals surface area contributed by atoms with Gasteiger partial charge >= 0.3 is 0 Å². The van der Waals surface area contributed by atoms with Crippen LogP contribution in [-0.2, 0) is 6.54 Å². The lowest BCUT2D eigenvalue weighted by Crippen LogP contribution is -2.23. The summed E-state index contributed by atoms with van der Waals surface area (Å²) in [6.45, 7) is 0.205. The number of carbonyl (C=O) groups excluding carboxylic acids is 1. The molecule has 2 aromatic heterocycles. The van der Waals surface area contributed by atoms with Gasteiger partial charge in [0.25, 0.3) is 5.91 Å². The van der Waals surface area contributed by atoms with Gasteiger partial charge in [0.1, 0.15) is 17.7 Å². The molecule has 0 fully saturated rings. The van der Waals surface area contributed by atoms with Crippen molar-refractivity contribution in [3.63, 3.8) is 0 Å². The van der Waals surface area contributed by atoms with Crippen LogP contribution in [0.2, 0.25) is 0 Å². The van der Waals surface area contributed by atoms with E-state index in [1.54, 1.807) is 12.1 Å². The molecule has 0 aliphatic carbocycles. The highest BCUT2D eigenvalue weighted by Gasteiger charge is 2.15. The van der Waals surface area contributed by atoms with Crippen molar-refractivity contribution < 1.29 is 18.7 Å². The van der Waals surface area contributed by atoms with E-state index in [0.29, 0.717) is 6.07 Å². The molecule has 124 valence electrons. The average molecular weight is 365 g/mol. The van der Waals surface area contributed by atoms with E-state index in [2.05, 4.69) is 5.32 Å². The molecule has 1 unspecified atom stereocenters. The molecule has 0 aliphatic heterocycles. The van der Waals surface area contributed by atoms with Crippen LogP contribution in [0.5, 0.6) is 0 Å². The van der Waals surface area contributed by atoms with E-state index in [1.807, 2.05) is 16.8 Å². The smallest absolute Gasteiger partial charge is 0.254 e. The molecule has 0 saturated carbocycles. The van der Waals surface area contributed by atoms with Crippen LogP contribution < -0.4 is 5.32 Å². The van der Waals surface area contributed by atoms with Gasteiger partial charge in [0, 0.05) is 15.8 Å². The topological polar surface area (TPSA) is 49.3 Å². The van der Waals surface area contributed by atoms with Crippen molar-refractivity contribution in [2.45, 2.75) is 12.6 Å². The number of benzene rings is 1. The lowest BCUT2D eigenvalue weighted by molar-refractivity contribution is 0.0947. The Bertz CT molecular complexity index is 846. The zero-order chi connectivity index (χ0) is 17.1. The molecule has 1 aromatic carbocycles. The van der Waals surface area contributed by atoms with Crippen molar-refractivity contribution in [1.82, 2.24) is 5.32 Å². The molecule has 2 N–H and O–H groups in total. The van der Waals surface area contributed by atoms with E-state index < -0.39 is 23.6 Å². The van der Waals surface area contributed by atoms with Gasteiger partial charge in [-0.15, -0.1) is 11.3 Å². The summed E-state index contributed by atoms with van der Waals surface area (Å²) in [7, 11) is 0. The quantitative estimate of drug-likeness (QED) is 0.715. The number of aliphatic hydroxyl groups is 1. The van der Waals surface area contributed by atoms with Crippen LogP contribution in [0.3, 0.4) is 0 Å². The molecular formula is C17H13F2NO2S2. The van der Waals surface area contributed by atoms with Crippen LogP contribution >= 0.6 is 22.7 Å². The standard InChI is InChI=1S/C17H13F2NO2S2/c18-11-1-3-13(14(19)7-11)17(22)20-8-12-2-4-15(24-12)16(21)10-5-6-23-9-10/h1-7,9,16,21H,8H2,(H,20,22). The minimum absolute atomic E-state index is 0.202. The third-order valence-electron chi connectivity index (χ3n) is 3.41. The molecule has 3 rings (SSSR count). The number of hydrogen-bond donors (Lipinski definition) is 2. The largest absolute Gasteiger partial charge is 0.383 e. The van der Waals surface area contributed by atoms with E-state index in [0.717, 1.165) is 27.5 Å². The summed E-state index contributed by atoms with van der Waals surface area (Å²) in [6, 6.07) is 8.28. The lowest BCUT2D eigenvalue weighted by Gasteiger charge is -2.06. The summed E-state index contributed by atoms with van der Waals surface area (Å²) >= 11 is 2.88. The Morgan fingerprint density at radius 3 is 2.75 bits per heavy atom. The minimum atomic E-state index is -0.896. The van der Waals surface area contributed by atoms with Crippen LogP contribution in [-0.4, -0.2) is 11.0 Å². The summed E-state index contributed by atoms with van der Waals surface area (Å²) in [5.74, 6) is -2.23. The molecule has 0 spiro atoms. The second kappa shape index (κ2) is 7.21. The fourth-order valence-corrected chi connectivity index (χ4v) is 3.81. The van der Waals surface area contributed by atoms with Crippen molar-refractivity contribution in [2.24, 2.45) is 0 Å². The zero-order valence-corrected chi connectivity index (χ0v) is 14.0. The average Bonchev–Trinajstić information content (AvgIpc) is 3.24. The predicted octanol–water partition coefficient (Wildman–Crippen LogP) is 4.10. The van der Waals surface area contributed by atoms with E-state index >= 15 is 0 Å². The number of carbonyl (C=O) groups is 1. The number of thiophene rings is 2. The third kappa shape index (κ3) is 3.69. The van der Waals surface area contributed by atoms with Crippen molar-refractivity contribution in [3.8, 4) is 0 Å². The van der Waals surface area contributed by atoms with E-state index in [-0.39, 0.29) is 12.1 Å². The Morgan fingerprint density at radius 1 is 1.21 bits per heavy atom. The van der Waals surface area contributed by atoms with E-state index in [4.69, 9.17) is 0 Å². The summed E-state index contributed by atoms with van der Waals surface area (Å²) in [5, 5.41) is 16.6. The van der Waals surface area contributed by atoms with Gasteiger partial charge in [-0.2, -0.15) is 11.3 Å². The fraction of sp³-hybridized carbons (Fsp3) is 0.118. The normalized spacial score (nSPS) is 12.1. The Labute approximate surface area is 145 Å². The minimum Gasteiger partial charge on any atom is -0.383 e. The number of hydrogen-bond acceptors (Lipinski definition) is 4. The predicted molar refractivity (Wildman–Crippen MR) is 90.2 cm³/mol. The Hall–Kier alpha value is -2.09. The first kappa shape index (κ1) is 16.8. The summed E-state index contributed by atoms with van der Waals surface area (Å²) in [6.07, 6.45) is -0.694. The Kier molecular flexibility index (Phi) is 5.03. The van der Waals surface area contributed by atoms with E-state index in [9.17, 15) is 18.7 Å². The molecule has 0 aliphatic rings. The SMILES string of the molecule is O=C(NCc1ccc(C(O)c2ccsc2)s1)c1ccc(F)cc1F. The Morgan fingerprint density at radius 2 is 2.04 bits per heavy atom. The van der Waals surface area contributed by atoms with Gasteiger partial charge in [-0.3, -0.25) is 4.79 Å². The molecule has 2 heterocycles. The molecule has 24 heavy (non-hydrogen) atoms. The van der Waals surface area contributed by atoms with Crippen molar-refractivity contribution in [3.05, 3.63) is 79.7 Å². The highest BCUT2D eigenvalue weighted by atomic mass is 32.1. The van der Waals surface area contributed by atoms with Gasteiger partial charge in [0.2, 0.25) is 0 Å². The molecule has 3 aromatic rings. The second-order valence-corrected chi connectivity index (χ2v) is 7.05. The van der Waals surface area contributed by atoms with Crippen LogP contribution in [0, 0.1) is 11.6 Å². The summed E-state index contributed by atoms with van der Waals surface area (Å²) < 4.78 is 26.4. The number of halogens is 2. The fourth-order valence-electron chi connectivity index (χ4n) is 2.17. The molecule has 0 bridgehead atoms. The third-order valence-corrected chi connectivity index (χ3v) is 5.25. The number of amides is 1.